The van der Waals surface area contributed by atoms with E-state index in [4.69, 9.17) is 0 Å². The lowest BCUT2D eigenvalue weighted by Gasteiger charge is -2.46. The Morgan fingerprint density at radius 2 is 1.93 bits per heavy atom. The highest BCUT2D eigenvalue weighted by Gasteiger charge is 2.32. The Balaban J connectivity index is 1.71. The van der Waals surface area contributed by atoms with Gasteiger partial charge in [-0.3, -0.25) is 9.69 Å². The van der Waals surface area contributed by atoms with Crippen molar-refractivity contribution in [1.29, 1.82) is 5.26 Å². The Morgan fingerprint density at radius 1 is 1.17 bits per heavy atom. The molecule has 6 heteroatoms. The zero-order chi connectivity index (χ0) is 21.3. The second-order valence-corrected chi connectivity index (χ2v) is 8.08. The maximum atomic E-state index is 12.6. The Hall–Kier alpha value is -3.17. The highest BCUT2D eigenvalue weighted by atomic mass is 16.1. The Bertz CT molecular complexity index is 1150. The van der Waals surface area contributed by atoms with E-state index in [1.165, 1.54) is 5.56 Å². The van der Waals surface area contributed by atoms with E-state index in [1.807, 2.05) is 12.1 Å². The van der Waals surface area contributed by atoms with Crippen LogP contribution in [0.4, 0.5) is 5.69 Å². The van der Waals surface area contributed by atoms with E-state index in [2.05, 4.69) is 59.0 Å². The molecule has 2 atom stereocenters. The number of nitriles is 1. The molecule has 3 heterocycles. The topological polar surface area (TPSA) is 65.2 Å². The van der Waals surface area contributed by atoms with Gasteiger partial charge >= 0.3 is 0 Å². The van der Waals surface area contributed by atoms with E-state index in [0.29, 0.717) is 11.7 Å². The fourth-order valence-corrected chi connectivity index (χ4v) is 4.44. The molecule has 3 aromatic rings. The normalized spacial score (nSPS) is 19.7. The lowest BCUT2D eigenvalue weighted by molar-refractivity contribution is 0.142. The number of aryl methyl sites for hydroxylation is 1. The molecule has 1 saturated heterocycles. The molecule has 1 aromatic carbocycles. The smallest absolute Gasteiger partial charge is 0.252 e. The van der Waals surface area contributed by atoms with Gasteiger partial charge in [-0.05, 0) is 31.0 Å². The molecule has 1 fully saturated rings. The van der Waals surface area contributed by atoms with Crippen LogP contribution >= 0.6 is 0 Å². The number of aromatic nitrogens is 2. The third-order valence-electron chi connectivity index (χ3n) is 6.15. The van der Waals surface area contributed by atoms with Gasteiger partial charge in [0.2, 0.25) is 0 Å². The number of hydrogen-bond donors (Lipinski definition) is 0. The van der Waals surface area contributed by atoms with Gasteiger partial charge in [0, 0.05) is 44.8 Å². The fraction of sp³-hybridized carbons (Fsp3) is 0.375. The van der Waals surface area contributed by atoms with Crippen LogP contribution in [0.25, 0.3) is 11.0 Å². The summed E-state index contributed by atoms with van der Waals surface area (Å²) in [5.74, 6) is 0. The molecule has 6 nitrogen and oxygen atoms in total. The average molecular weight is 402 g/mol. The van der Waals surface area contributed by atoms with Crippen LogP contribution in [0.5, 0.6) is 0 Å². The maximum Gasteiger partial charge on any atom is 0.252 e. The first-order valence-corrected chi connectivity index (χ1v) is 10.5. The summed E-state index contributed by atoms with van der Waals surface area (Å²) in [6, 6.07) is 18.4. The number of fused-ring (bicyclic) bond motifs is 1. The van der Waals surface area contributed by atoms with Crippen LogP contribution in [-0.4, -0.2) is 39.6 Å². The largest absolute Gasteiger partial charge is 0.364 e. The number of rotatable bonds is 4. The molecule has 4 rings (SSSR count). The Kier molecular flexibility index (Phi) is 5.56. The first-order valence-electron chi connectivity index (χ1n) is 10.5. The zero-order valence-corrected chi connectivity index (χ0v) is 17.7. The van der Waals surface area contributed by atoms with E-state index >= 15 is 0 Å². The fourth-order valence-electron chi connectivity index (χ4n) is 4.44. The van der Waals surface area contributed by atoms with Crippen molar-refractivity contribution in [1.82, 2.24) is 14.5 Å². The van der Waals surface area contributed by atoms with Crippen molar-refractivity contribution in [3.05, 3.63) is 70.1 Å². The van der Waals surface area contributed by atoms with Crippen molar-refractivity contribution in [3.8, 4) is 6.07 Å². The second kappa shape index (κ2) is 8.29. The Morgan fingerprint density at radius 3 is 2.63 bits per heavy atom. The van der Waals surface area contributed by atoms with Crippen LogP contribution in [0, 0.1) is 11.3 Å². The molecular formula is C24H27N5O. The first-order chi connectivity index (χ1) is 14.5. The minimum absolute atomic E-state index is 0.0593. The van der Waals surface area contributed by atoms with Crippen LogP contribution in [0.15, 0.2) is 53.3 Å². The molecule has 1 aliphatic heterocycles. The van der Waals surface area contributed by atoms with Gasteiger partial charge < -0.3 is 9.47 Å². The molecule has 2 aromatic heterocycles. The number of pyridine rings is 2. The molecule has 0 saturated carbocycles. The molecule has 30 heavy (non-hydrogen) atoms. The summed E-state index contributed by atoms with van der Waals surface area (Å²) in [4.78, 5) is 22.0. The van der Waals surface area contributed by atoms with E-state index in [0.717, 1.165) is 42.8 Å². The highest BCUT2D eigenvalue weighted by molar-refractivity contribution is 5.89. The van der Waals surface area contributed by atoms with E-state index in [9.17, 15) is 10.1 Å². The van der Waals surface area contributed by atoms with Crippen LogP contribution in [0.1, 0.15) is 31.5 Å². The van der Waals surface area contributed by atoms with Crippen LogP contribution in [-0.2, 0) is 13.6 Å². The van der Waals surface area contributed by atoms with Crippen LogP contribution in [0.2, 0.25) is 0 Å². The molecule has 0 spiro atoms. The molecule has 154 valence electrons. The van der Waals surface area contributed by atoms with Gasteiger partial charge in [-0.2, -0.15) is 5.26 Å². The van der Waals surface area contributed by atoms with Gasteiger partial charge in [-0.1, -0.05) is 37.3 Å². The molecule has 0 aliphatic carbocycles. The molecule has 0 amide bonds. The molecule has 0 bridgehead atoms. The highest BCUT2D eigenvalue weighted by Crippen LogP contribution is 2.30. The van der Waals surface area contributed by atoms with E-state index in [1.54, 1.807) is 23.7 Å². The molecule has 0 N–H and O–H groups in total. The van der Waals surface area contributed by atoms with Gasteiger partial charge in [-0.25, -0.2) is 4.98 Å². The van der Waals surface area contributed by atoms with Crippen LogP contribution in [0.3, 0.4) is 0 Å². The maximum absolute atomic E-state index is 12.6. The molecule has 0 radical (unpaired) electrons. The summed E-state index contributed by atoms with van der Waals surface area (Å²) >= 11 is 0. The summed E-state index contributed by atoms with van der Waals surface area (Å²) < 4.78 is 1.60. The van der Waals surface area contributed by atoms with Gasteiger partial charge in [0.1, 0.15) is 17.3 Å². The molecule has 1 aliphatic rings. The summed E-state index contributed by atoms with van der Waals surface area (Å²) in [6.45, 7) is 7.06. The summed E-state index contributed by atoms with van der Waals surface area (Å²) in [7, 11) is 1.75. The second-order valence-electron chi connectivity index (χ2n) is 8.08. The first kappa shape index (κ1) is 20.1. The number of nitrogens with zero attached hydrogens (tertiary/aromatic N) is 5. The quantitative estimate of drug-likeness (QED) is 0.671. The number of benzene rings is 1. The van der Waals surface area contributed by atoms with Crippen molar-refractivity contribution in [2.24, 2.45) is 7.05 Å². The number of hydrogen-bond acceptors (Lipinski definition) is 5. The number of anilines is 1. The van der Waals surface area contributed by atoms with Gasteiger partial charge in [0.15, 0.2) is 0 Å². The third-order valence-corrected chi connectivity index (χ3v) is 6.15. The zero-order valence-electron chi connectivity index (χ0n) is 17.7. The van der Waals surface area contributed by atoms with Crippen molar-refractivity contribution in [2.75, 3.05) is 18.0 Å². The molecule has 0 unspecified atom stereocenters. The van der Waals surface area contributed by atoms with Gasteiger partial charge in [0.25, 0.3) is 5.56 Å². The monoisotopic (exact) mass is 401 g/mol. The van der Waals surface area contributed by atoms with E-state index in [-0.39, 0.29) is 11.6 Å². The minimum Gasteiger partial charge on any atom is -0.364 e. The summed E-state index contributed by atoms with van der Waals surface area (Å²) in [5, 5.41) is 9.33. The van der Waals surface area contributed by atoms with Crippen molar-refractivity contribution >= 4 is 16.7 Å². The van der Waals surface area contributed by atoms with Gasteiger partial charge in [-0.15, -0.1) is 0 Å². The standard InChI is InChI=1S/C24H27N5O/c1-4-20-16-29(17(2)14-28(20)15-18-8-6-5-7-9-18)22-12-23(30)27(3)21-11-10-19(13-25)26-24(21)22/h5-12,17,20H,4,14-16H2,1-3H3/t17-,20+/m0/s1. The SMILES string of the molecule is CC[C@@H]1CN(c2cc(=O)n(C)c3ccc(C#N)nc23)[C@@H](C)CN1Cc1ccccc1. The summed E-state index contributed by atoms with van der Waals surface area (Å²) in [5.41, 5.74) is 3.92. The molecular weight excluding hydrogens is 374 g/mol. The lowest BCUT2D eigenvalue weighted by atomic mass is 10.0. The predicted molar refractivity (Wildman–Crippen MR) is 119 cm³/mol. The predicted octanol–water partition coefficient (Wildman–Crippen LogP) is 3.29. The third kappa shape index (κ3) is 3.69. The Labute approximate surface area is 177 Å². The number of piperazine rings is 1. The summed E-state index contributed by atoms with van der Waals surface area (Å²) in [6.07, 6.45) is 1.02. The van der Waals surface area contributed by atoms with Crippen molar-refractivity contribution < 1.29 is 0 Å². The lowest BCUT2D eigenvalue weighted by Crippen LogP contribution is -2.57. The van der Waals surface area contributed by atoms with Gasteiger partial charge in [0.05, 0.1) is 11.2 Å². The van der Waals surface area contributed by atoms with E-state index < -0.39 is 0 Å². The van der Waals surface area contributed by atoms with Crippen molar-refractivity contribution in [2.45, 2.75) is 38.9 Å². The minimum atomic E-state index is -0.0593. The average Bonchev–Trinajstić information content (AvgIpc) is 2.77. The van der Waals surface area contributed by atoms with Crippen molar-refractivity contribution in [3.63, 3.8) is 0 Å². The van der Waals surface area contributed by atoms with Crippen LogP contribution < -0.4 is 10.5 Å².